The van der Waals surface area contributed by atoms with Gasteiger partial charge in [0.2, 0.25) is 11.8 Å². The summed E-state index contributed by atoms with van der Waals surface area (Å²) in [5.74, 6) is 2.46. The second-order valence-electron chi connectivity index (χ2n) is 14.7. The first kappa shape index (κ1) is 33.4. The van der Waals surface area contributed by atoms with E-state index in [1.54, 1.807) is 11.3 Å². The number of nitrogens with zero attached hydrogens (tertiary/aromatic N) is 5. The number of fused-ring (bicyclic) bond motifs is 7. The van der Waals surface area contributed by atoms with Crippen LogP contribution in [0.1, 0.15) is 0 Å². The summed E-state index contributed by atoms with van der Waals surface area (Å²) >= 11 is 1.77. The Labute approximate surface area is 342 Å². The molecule has 276 valence electrons. The molecule has 0 N–H and O–H groups in total. The molecule has 0 aliphatic carbocycles. The van der Waals surface area contributed by atoms with Gasteiger partial charge in [0.25, 0.3) is 0 Å². The van der Waals surface area contributed by atoms with Crippen LogP contribution in [0.3, 0.4) is 0 Å². The van der Waals surface area contributed by atoms with Crippen LogP contribution in [0.15, 0.2) is 192 Å². The van der Waals surface area contributed by atoms with E-state index in [1.165, 1.54) is 26.6 Å². The molecule has 8 aromatic carbocycles. The molecule has 59 heavy (non-hydrogen) atoms. The highest BCUT2D eigenvalue weighted by molar-refractivity contribution is 7.26. The van der Waals surface area contributed by atoms with Crippen molar-refractivity contribution < 1.29 is 4.42 Å². The van der Waals surface area contributed by atoms with Gasteiger partial charge in [-0.05, 0) is 82.9 Å². The second kappa shape index (κ2) is 13.4. The van der Waals surface area contributed by atoms with Crippen molar-refractivity contribution in [3.05, 3.63) is 188 Å². The van der Waals surface area contributed by atoms with E-state index in [9.17, 15) is 0 Å². The van der Waals surface area contributed by atoms with E-state index in [0.29, 0.717) is 23.5 Å². The molecule has 12 rings (SSSR count). The third-order valence-electron chi connectivity index (χ3n) is 11.1. The Bertz CT molecular complexity index is 3520. The van der Waals surface area contributed by atoms with Gasteiger partial charge >= 0.3 is 0 Å². The summed E-state index contributed by atoms with van der Waals surface area (Å²) < 4.78 is 10.6. The summed E-state index contributed by atoms with van der Waals surface area (Å²) in [5.41, 5.74) is 11.2. The molecule has 0 bridgehead atoms. The minimum absolute atomic E-state index is 0.578. The first-order chi connectivity index (χ1) is 29.2. The van der Waals surface area contributed by atoms with Gasteiger partial charge in [-0.1, -0.05) is 127 Å². The van der Waals surface area contributed by atoms with E-state index < -0.39 is 0 Å². The minimum atomic E-state index is 0.578. The molecule has 7 heteroatoms. The van der Waals surface area contributed by atoms with Crippen LogP contribution >= 0.6 is 11.3 Å². The lowest BCUT2D eigenvalue weighted by Gasteiger charge is -2.11. The second-order valence-corrected chi connectivity index (χ2v) is 15.7. The molecule has 0 unspecified atom stereocenters. The fraction of sp³-hybridized carbons (Fsp3) is 0. The highest BCUT2D eigenvalue weighted by atomic mass is 32.1. The maximum Gasteiger partial charge on any atom is 0.238 e. The molecule has 0 aliphatic heterocycles. The number of benzene rings is 8. The zero-order chi connectivity index (χ0) is 38.9. The van der Waals surface area contributed by atoms with E-state index in [4.69, 9.17) is 19.4 Å². The highest BCUT2D eigenvalue weighted by Crippen LogP contribution is 2.42. The van der Waals surface area contributed by atoms with Gasteiger partial charge in [0.15, 0.2) is 17.2 Å². The summed E-state index contributed by atoms with van der Waals surface area (Å²) in [6, 6.07) is 65.3. The fourth-order valence-corrected chi connectivity index (χ4v) is 9.45. The zero-order valence-corrected chi connectivity index (χ0v) is 32.3. The monoisotopic (exact) mass is 773 g/mol. The van der Waals surface area contributed by atoms with Crippen molar-refractivity contribution in [2.75, 3.05) is 0 Å². The molecule has 0 fully saturated rings. The predicted molar refractivity (Wildman–Crippen MR) is 242 cm³/mol. The van der Waals surface area contributed by atoms with E-state index in [2.05, 4.69) is 155 Å². The summed E-state index contributed by atoms with van der Waals surface area (Å²) in [6.07, 6.45) is 0. The molecular formula is C52H31N5OS. The lowest BCUT2D eigenvalue weighted by Crippen LogP contribution is -2.06. The Morgan fingerprint density at radius 3 is 1.86 bits per heavy atom. The van der Waals surface area contributed by atoms with Gasteiger partial charge in [0.05, 0.1) is 11.0 Å². The molecule has 0 saturated heterocycles. The average molecular weight is 774 g/mol. The number of hydrogen-bond donors (Lipinski definition) is 0. The molecule has 0 atom stereocenters. The van der Waals surface area contributed by atoms with Crippen LogP contribution in [0.5, 0.6) is 0 Å². The van der Waals surface area contributed by atoms with Crippen LogP contribution in [0.2, 0.25) is 0 Å². The fourth-order valence-electron chi connectivity index (χ4n) is 8.26. The number of rotatable bonds is 6. The van der Waals surface area contributed by atoms with Gasteiger partial charge in [0.1, 0.15) is 5.52 Å². The van der Waals surface area contributed by atoms with Crippen LogP contribution in [-0.4, -0.2) is 24.5 Å². The maximum absolute atomic E-state index is 6.04. The lowest BCUT2D eigenvalue weighted by atomic mass is 10.0. The molecule has 0 spiro atoms. The van der Waals surface area contributed by atoms with Crippen LogP contribution in [0, 0.1) is 0 Å². The quantitative estimate of drug-likeness (QED) is 0.168. The van der Waals surface area contributed by atoms with Crippen LogP contribution in [0.4, 0.5) is 0 Å². The summed E-state index contributed by atoms with van der Waals surface area (Å²) in [7, 11) is 0. The third kappa shape index (κ3) is 5.62. The molecular weight excluding hydrogens is 743 g/mol. The number of hydrogen-bond acceptors (Lipinski definition) is 6. The van der Waals surface area contributed by atoms with E-state index in [-0.39, 0.29) is 0 Å². The summed E-state index contributed by atoms with van der Waals surface area (Å²) in [5, 5.41) is 4.66. The van der Waals surface area contributed by atoms with Gasteiger partial charge in [-0.2, -0.15) is 9.97 Å². The molecule has 4 aromatic heterocycles. The van der Waals surface area contributed by atoms with Gasteiger partial charge in [-0.3, -0.25) is 4.57 Å². The van der Waals surface area contributed by atoms with Crippen molar-refractivity contribution in [2.45, 2.75) is 0 Å². The topological polar surface area (TPSA) is 69.6 Å². The van der Waals surface area contributed by atoms with Crippen LogP contribution in [0.25, 0.3) is 116 Å². The lowest BCUT2D eigenvalue weighted by molar-refractivity contribution is 0.620. The van der Waals surface area contributed by atoms with Gasteiger partial charge in [-0.15, -0.1) is 11.3 Å². The van der Waals surface area contributed by atoms with Crippen molar-refractivity contribution >= 4 is 64.4 Å². The number of aromatic nitrogens is 5. The Morgan fingerprint density at radius 1 is 0.407 bits per heavy atom. The van der Waals surface area contributed by atoms with Crippen LogP contribution in [-0.2, 0) is 0 Å². The predicted octanol–water partition coefficient (Wildman–Crippen LogP) is 13.8. The van der Waals surface area contributed by atoms with E-state index >= 15 is 0 Å². The molecule has 0 aliphatic rings. The van der Waals surface area contributed by atoms with Gasteiger partial charge in [0, 0.05) is 47.6 Å². The standard InChI is InChI=1S/C52H31N5OS/c1-3-12-32(13-4-1)36-26-28-45-41(30-36)38-16-7-9-20-44(38)57(45)52-55-49(34-14-5-2-6-15-34)54-50(56-52)40-18-11-17-39-42-31-37(27-29-47(42)59-48(39)40)33-22-24-35(25-23-33)51-53-43-19-8-10-21-46(43)58-51/h1-31H. The smallest absolute Gasteiger partial charge is 0.238 e. The molecule has 6 nitrogen and oxygen atoms in total. The normalized spacial score (nSPS) is 11.7. The number of oxazole rings is 1. The first-order valence-corrected chi connectivity index (χ1v) is 20.4. The van der Waals surface area contributed by atoms with Crippen molar-refractivity contribution in [3.8, 4) is 62.4 Å². The van der Waals surface area contributed by atoms with E-state index in [1.807, 2.05) is 42.5 Å². The van der Waals surface area contributed by atoms with Crippen molar-refractivity contribution in [1.82, 2.24) is 24.5 Å². The van der Waals surface area contributed by atoms with Gasteiger partial charge < -0.3 is 4.42 Å². The first-order valence-electron chi connectivity index (χ1n) is 19.5. The molecule has 0 radical (unpaired) electrons. The largest absolute Gasteiger partial charge is 0.436 e. The summed E-state index contributed by atoms with van der Waals surface area (Å²) in [4.78, 5) is 20.4. The van der Waals surface area contributed by atoms with Crippen LogP contribution < -0.4 is 0 Å². The number of para-hydroxylation sites is 3. The van der Waals surface area contributed by atoms with Crippen molar-refractivity contribution in [2.24, 2.45) is 0 Å². The molecule has 4 heterocycles. The van der Waals surface area contributed by atoms with E-state index in [0.717, 1.165) is 65.4 Å². The Hall–Kier alpha value is -7.74. The SMILES string of the molecule is c1ccc(-c2ccc3c(c2)c2ccccc2n3-c2nc(-c3ccccc3)nc(-c3cccc4c3sc3ccc(-c5ccc(-c6nc7ccccc7o6)cc5)cc34)n2)cc1. The molecule has 0 saturated carbocycles. The third-order valence-corrected chi connectivity index (χ3v) is 12.4. The zero-order valence-electron chi connectivity index (χ0n) is 31.5. The van der Waals surface area contributed by atoms with Crippen molar-refractivity contribution in [1.29, 1.82) is 0 Å². The Balaban J connectivity index is 0.995. The highest BCUT2D eigenvalue weighted by Gasteiger charge is 2.20. The van der Waals surface area contributed by atoms with Crippen molar-refractivity contribution in [3.63, 3.8) is 0 Å². The average Bonchev–Trinajstić information content (AvgIpc) is 4.01. The van der Waals surface area contributed by atoms with Gasteiger partial charge in [-0.25, -0.2) is 9.97 Å². The Kier molecular flexibility index (Phi) is 7.61. The maximum atomic E-state index is 6.04. The summed E-state index contributed by atoms with van der Waals surface area (Å²) in [6.45, 7) is 0. The molecule has 12 aromatic rings. The molecule has 0 amide bonds. The Morgan fingerprint density at radius 2 is 1.03 bits per heavy atom. The minimum Gasteiger partial charge on any atom is -0.436 e. The number of thiophene rings is 1.